The maximum Gasteiger partial charge on any atom is 0.243 e. The van der Waals surface area contributed by atoms with Gasteiger partial charge in [0.05, 0.1) is 11.9 Å². The van der Waals surface area contributed by atoms with Crippen molar-refractivity contribution in [1.29, 1.82) is 0 Å². The fourth-order valence-corrected chi connectivity index (χ4v) is 5.50. The van der Waals surface area contributed by atoms with Gasteiger partial charge in [0.2, 0.25) is 15.9 Å². The predicted molar refractivity (Wildman–Crippen MR) is 140 cm³/mol. The summed E-state index contributed by atoms with van der Waals surface area (Å²) in [7, 11) is -3.70. The average molecular weight is 519 g/mol. The maximum absolute atomic E-state index is 12.7. The summed E-state index contributed by atoms with van der Waals surface area (Å²) in [6.45, 7) is 2.00. The Balaban J connectivity index is 1.57. The van der Waals surface area contributed by atoms with Crippen LogP contribution < -0.4 is 14.4 Å². The van der Waals surface area contributed by atoms with Gasteiger partial charge in [-0.25, -0.2) is 8.42 Å². The number of amides is 1. The molecule has 3 aromatic carbocycles. The molecule has 0 spiro atoms. The molecule has 0 radical (unpaired) electrons. The van der Waals surface area contributed by atoms with Crippen molar-refractivity contribution < 1.29 is 17.9 Å². The number of carbonyl (C=O) groups is 1. The minimum absolute atomic E-state index is 0.363. The van der Waals surface area contributed by atoms with E-state index in [4.69, 9.17) is 16.3 Å². The topological polar surface area (TPSA) is 75.7 Å². The van der Waals surface area contributed by atoms with E-state index in [9.17, 15) is 13.2 Å². The van der Waals surface area contributed by atoms with E-state index in [0.29, 0.717) is 34.5 Å². The summed E-state index contributed by atoms with van der Waals surface area (Å²) in [5, 5.41) is 3.52. The third-order valence-corrected chi connectivity index (χ3v) is 7.37. The molecule has 0 aliphatic heterocycles. The van der Waals surface area contributed by atoms with Gasteiger partial charge in [-0.15, -0.1) is 0 Å². The molecule has 0 aliphatic carbocycles. The van der Waals surface area contributed by atoms with Crippen LogP contribution in [0.1, 0.15) is 12.5 Å². The first-order valence-electron chi connectivity index (χ1n) is 10.7. The number of anilines is 1. The molecule has 3 rings (SSSR count). The number of ether oxygens (including phenoxy) is 1. The van der Waals surface area contributed by atoms with E-state index in [1.54, 1.807) is 43.0 Å². The lowest BCUT2D eigenvalue weighted by Gasteiger charge is -2.28. The molecule has 3 aromatic rings. The zero-order chi connectivity index (χ0) is 24.6. The van der Waals surface area contributed by atoms with E-state index in [0.717, 1.165) is 21.9 Å². The first-order valence-corrected chi connectivity index (χ1v) is 14.0. The number of benzene rings is 3. The van der Waals surface area contributed by atoms with Crippen molar-refractivity contribution in [2.24, 2.45) is 0 Å². The number of rotatable bonds is 11. The van der Waals surface area contributed by atoms with Crippen molar-refractivity contribution in [3.63, 3.8) is 0 Å². The van der Waals surface area contributed by atoms with Crippen LogP contribution in [0.5, 0.6) is 11.5 Å². The monoisotopic (exact) mass is 518 g/mol. The van der Waals surface area contributed by atoms with Crippen LogP contribution in [0.3, 0.4) is 0 Å². The molecule has 180 valence electrons. The second-order valence-corrected chi connectivity index (χ2v) is 11.0. The van der Waals surface area contributed by atoms with Crippen LogP contribution in [0.2, 0.25) is 5.02 Å². The molecule has 0 aliphatic rings. The lowest BCUT2D eigenvalue weighted by molar-refractivity contribution is -0.121. The highest BCUT2D eigenvalue weighted by Crippen LogP contribution is 2.27. The second-order valence-electron chi connectivity index (χ2n) is 7.62. The maximum atomic E-state index is 12.7. The van der Waals surface area contributed by atoms with Crippen LogP contribution in [0.15, 0.2) is 78.9 Å². The van der Waals surface area contributed by atoms with Crippen LogP contribution in [-0.2, 0) is 20.6 Å². The number of nitrogens with one attached hydrogen (secondary N) is 1. The standard InChI is InChI=1S/C25H27ClN2O4S2/c1-19(25(29)27-15-16-33-18-20-7-6-8-21(26)17-20)28(34(2,30)31)22-11-13-24(14-12-22)32-23-9-4-3-5-10-23/h3-14,17,19H,15-16,18H2,1-2H3,(H,27,29)/t19-/m0/s1. The lowest BCUT2D eigenvalue weighted by Crippen LogP contribution is -2.48. The predicted octanol–water partition coefficient (Wildman–Crippen LogP) is 5.34. The van der Waals surface area contributed by atoms with E-state index in [2.05, 4.69) is 5.32 Å². The average Bonchev–Trinajstić information content (AvgIpc) is 2.80. The second kappa shape index (κ2) is 12.1. The van der Waals surface area contributed by atoms with E-state index in [1.165, 1.54) is 0 Å². The third kappa shape index (κ3) is 7.68. The van der Waals surface area contributed by atoms with Crippen molar-refractivity contribution in [2.75, 3.05) is 22.9 Å². The van der Waals surface area contributed by atoms with Crippen LogP contribution >= 0.6 is 23.4 Å². The number of halogens is 1. The van der Waals surface area contributed by atoms with Crippen molar-refractivity contribution >= 4 is 45.0 Å². The van der Waals surface area contributed by atoms with E-state index in [-0.39, 0.29) is 5.91 Å². The number of hydrogen-bond acceptors (Lipinski definition) is 5. The summed E-state index contributed by atoms with van der Waals surface area (Å²) < 4.78 is 31.9. The number of nitrogens with zero attached hydrogens (tertiary/aromatic N) is 1. The van der Waals surface area contributed by atoms with Crippen molar-refractivity contribution in [3.8, 4) is 11.5 Å². The summed E-state index contributed by atoms with van der Waals surface area (Å²) in [6, 6.07) is 22.6. The number of sulfonamides is 1. The van der Waals surface area contributed by atoms with Crippen LogP contribution in [-0.4, -0.2) is 38.9 Å². The van der Waals surface area contributed by atoms with Crippen LogP contribution in [0.25, 0.3) is 0 Å². The molecule has 6 nitrogen and oxygen atoms in total. The SMILES string of the molecule is C[C@@H](C(=O)NCCSCc1cccc(Cl)c1)N(c1ccc(Oc2ccccc2)cc1)S(C)(=O)=O. The molecule has 0 bridgehead atoms. The van der Waals surface area contributed by atoms with Crippen molar-refractivity contribution in [3.05, 3.63) is 89.4 Å². The molecular weight excluding hydrogens is 492 g/mol. The van der Waals surface area contributed by atoms with Crippen LogP contribution in [0.4, 0.5) is 5.69 Å². The molecule has 1 N–H and O–H groups in total. The number of carbonyl (C=O) groups excluding carboxylic acids is 1. The highest BCUT2D eigenvalue weighted by atomic mass is 35.5. The molecule has 0 heterocycles. The van der Waals surface area contributed by atoms with Gasteiger partial charge in [0, 0.05) is 23.1 Å². The highest BCUT2D eigenvalue weighted by Gasteiger charge is 2.28. The Hall–Kier alpha value is -2.68. The van der Waals surface area contributed by atoms with Crippen LogP contribution in [0, 0.1) is 0 Å². The fraction of sp³-hybridized carbons (Fsp3) is 0.240. The number of para-hydroxylation sites is 1. The fourth-order valence-electron chi connectivity index (χ4n) is 3.31. The molecule has 0 aromatic heterocycles. The van der Waals surface area contributed by atoms with Gasteiger partial charge < -0.3 is 10.1 Å². The third-order valence-electron chi connectivity index (χ3n) is 4.86. The molecule has 1 amide bonds. The Kier molecular flexibility index (Phi) is 9.27. The number of hydrogen-bond donors (Lipinski definition) is 1. The molecule has 0 saturated heterocycles. The van der Waals surface area contributed by atoms with Gasteiger partial charge >= 0.3 is 0 Å². The minimum atomic E-state index is -3.70. The largest absolute Gasteiger partial charge is 0.457 e. The molecule has 0 fully saturated rings. The summed E-state index contributed by atoms with van der Waals surface area (Å²) >= 11 is 7.66. The van der Waals surface area contributed by atoms with Gasteiger partial charge in [-0.05, 0) is 61.0 Å². The van der Waals surface area contributed by atoms with Gasteiger partial charge in [0.15, 0.2) is 0 Å². The Labute approximate surface area is 210 Å². The quantitative estimate of drug-likeness (QED) is 0.347. The number of thioether (sulfide) groups is 1. The van der Waals surface area contributed by atoms with Gasteiger partial charge in [-0.3, -0.25) is 9.10 Å². The van der Waals surface area contributed by atoms with E-state index < -0.39 is 16.1 Å². The molecule has 0 unspecified atom stereocenters. The molecule has 9 heteroatoms. The van der Waals surface area contributed by atoms with Gasteiger partial charge in [0.1, 0.15) is 17.5 Å². The Bertz CT molecular complexity index is 1190. The first-order chi connectivity index (χ1) is 16.2. The highest BCUT2D eigenvalue weighted by molar-refractivity contribution is 7.98. The molecule has 34 heavy (non-hydrogen) atoms. The van der Waals surface area contributed by atoms with Gasteiger partial charge in [-0.1, -0.05) is 41.9 Å². The summed E-state index contributed by atoms with van der Waals surface area (Å²) in [5.74, 6) is 2.35. The van der Waals surface area contributed by atoms with E-state index >= 15 is 0 Å². The van der Waals surface area contributed by atoms with Gasteiger partial charge in [0.25, 0.3) is 0 Å². The lowest BCUT2D eigenvalue weighted by atomic mass is 10.2. The van der Waals surface area contributed by atoms with E-state index in [1.807, 2.05) is 54.6 Å². The normalized spacial score (nSPS) is 12.1. The zero-order valence-corrected chi connectivity index (χ0v) is 21.4. The first kappa shape index (κ1) is 25.9. The van der Waals surface area contributed by atoms with Crippen molar-refractivity contribution in [2.45, 2.75) is 18.7 Å². The summed E-state index contributed by atoms with van der Waals surface area (Å²) in [5.41, 5.74) is 1.50. The summed E-state index contributed by atoms with van der Waals surface area (Å²) in [4.78, 5) is 12.7. The molecule has 0 saturated carbocycles. The summed E-state index contributed by atoms with van der Waals surface area (Å²) in [6.07, 6.45) is 1.09. The smallest absolute Gasteiger partial charge is 0.243 e. The van der Waals surface area contributed by atoms with Crippen molar-refractivity contribution in [1.82, 2.24) is 5.32 Å². The molecule has 1 atom stereocenters. The molecular formula is C25H27ClN2O4S2. The minimum Gasteiger partial charge on any atom is -0.457 e. The Morgan fingerprint density at radius 2 is 1.71 bits per heavy atom. The Morgan fingerprint density at radius 1 is 1.03 bits per heavy atom. The Morgan fingerprint density at radius 3 is 2.35 bits per heavy atom. The van der Waals surface area contributed by atoms with Gasteiger partial charge in [-0.2, -0.15) is 11.8 Å². The zero-order valence-electron chi connectivity index (χ0n) is 19.0.